The van der Waals surface area contributed by atoms with E-state index >= 15 is 0 Å². The molecule has 0 fully saturated rings. The smallest absolute Gasteiger partial charge is 0.338 e. The van der Waals surface area contributed by atoms with E-state index in [2.05, 4.69) is 18.7 Å². The van der Waals surface area contributed by atoms with Gasteiger partial charge < -0.3 is 23.8 Å². The number of benzene rings is 3. The number of halogens is 1. The molecule has 5 rings (SSSR count). The first kappa shape index (κ1) is 35.8. The summed E-state index contributed by atoms with van der Waals surface area (Å²) in [5, 5.41) is 0.654. The van der Waals surface area contributed by atoms with Crippen molar-refractivity contribution in [3.05, 3.63) is 113 Å². The maximum Gasteiger partial charge on any atom is 0.338 e. The fourth-order valence-electron chi connectivity index (χ4n) is 5.75. The van der Waals surface area contributed by atoms with Crippen LogP contribution in [0.2, 0.25) is 5.02 Å². The first-order valence-electron chi connectivity index (χ1n) is 16.4. The van der Waals surface area contributed by atoms with Gasteiger partial charge in [0.25, 0.3) is 5.56 Å². The van der Waals surface area contributed by atoms with Crippen LogP contribution < -0.4 is 34.0 Å². The number of hydrogen-bond acceptors (Lipinski definition) is 9. The Hall–Kier alpha value is -4.54. The van der Waals surface area contributed by atoms with Gasteiger partial charge in [-0.15, -0.1) is 0 Å². The van der Waals surface area contributed by atoms with Gasteiger partial charge in [0, 0.05) is 35.4 Å². The van der Waals surface area contributed by atoms with E-state index < -0.39 is 12.0 Å². The topological polar surface area (TPSA) is 91.6 Å². The number of aromatic nitrogens is 1. The number of nitrogens with zero attached hydrogens (tertiary/aromatic N) is 3. The van der Waals surface area contributed by atoms with E-state index in [1.165, 1.54) is 11.3 Å². The average Bonchev–Trinajstić information content (AvgIpc) is 3.38. The molecule has 9 nitrogen and oxygen atoms in total. The molecule has 1 aliphatic heterocycles. The van der Waals surface area contributed by atoms with Crippen LogP contribution in [0.3, 0.4) is 0 Å². The molecule has 0 radical (unpaired) electrons. The molecule has 1 aromatic heterocycles. The van der Waals surface area contributed by atoms with Gasteiger partial charge in [-0.1, -0.05) is 41.1 Å². The van der Waals surface area contributed by atoms with Crippen molar-refractivity contribution in [2.45, 2.75) is 60.3 Å². The normalized spacial score (nSPS) is 14.4. The standard InChI is InChI=1S/C38H42ClN3O6S/c1-8-41(9-2)29-17-13-26(31(21-29)47-22-25-11-15-28(39)16-12-25)20-33-36(43)42-35(27-14-18-30(48-23(4)5)32(19-27)45-7)34(37(44)46-10-3)24(6)40-38(42)49-33/h11-21,23,35H,8-10,22H2,1-7H3/b33-20+/t35-/m1/s1. The number of methoxy groups -OCH3 is 1. The lowest BCUT2D eigenvalue weighted by Gasteiger charge is -2.25. The van der Waals surface area contributed by atoms with Crippen LogP contribution in [0.25, 0.3) is 6.08 Å². The fraction of sp³-hybridized carbons (Fsp3) is 0.342. The Morgan fingerprint density at radius 1 is 1.02 bits per heavy atom. The van der Waals surface area contributed by atoms with Gasteiger partial charge >= 0.3 is 5.97 Å². The number of carbonyl (C=O) groups excluding carboxylic acids is 1. The van der Waals surface area contributed by atoms with E-state index in [9.17, 15) is 9.59 Å². The quantitative estimate of drug-likeness (QED) is 0.144. The summed E-state index contributed by atoms with van der Waals surface area (Å²) in [6.45, 7) is 13.8. The number of allylic oxidation sites excluding steroid dienone is 1. The number of anilines is 1. The van der Waals surface area contributed by atoms with E-state index in [1.807, 2.05) is 68.5 Å². The zero-order valence-corrected chi connectivity index (χ0v) is 30.5. The molecule has 0 N–H and O–H groups in total. The first-order valence-corrected chi connectivity index (χ1v) is 17.6. The lowest BCUT2D eigenvalue weighted by Crippen LogP contribution is -2.40. The van der Waals surface area contributed by atoms with Crippen LogP contribution in [0.15, 0.2) is 81.7 Å². The molecule has 0 saturated heterocycles. The third-order valence-electron chi connectivity index (χ3n) is 8.10. The average molecular weight is 704 g/mol. The molecule has 4 aromatic rings. The second-order valence-corrected chi connectivity index (χ2v) is 13.1. The fourth-order valence-corrected chi connectivity index (χ4v) is 6.91. The molecule has 2 heterocycles. The summed E-state index contributed by atoms with van der Waals surface area (Å²) in [4.78, 5) is 35.2. The first-order chi connectivity index (χ1) is 23.6. The molecule has 0 aliphatic carbocycles. The molecule has 0 bridgehead atoms. The number of ether oxygens (including phenoxy) is 4. The third kappa shape index (κ3) is 7.86. The highest BCUT2D eigenvalue weighted by Crippen LogP contribution is 2.37. The van der Waals surface area contributed by atoms with Crippen molar-refractivity contribution in [3.63, 3.8) is 0 Å². The summed E-state index contributed by atoms with van der Waals surface area (Å²) >= 11 is 7.36. The van der Waals surface area contributed by atoms with Gasteiger partial charge in [-0.2, -0.15) is 0 Å². The lowest BCUT2D eigenvalue weighted by atomic mass is 9.95. The van der Waals surface area contributed by atoms with E-state index in [4.69, 9.17) is 35.5 Å². The molecule has 1 aliphatic rings. The van der Waals surface area contributed by atoms with Gasteiger partial charge in [0.1, 0.15) is 12.4 Å². The second-order valence-electron chi connectivity index (χ2n) is 11.7. The van der Waals surface area contributed by atoms with Crippen molar-refractivity contribution >= 4 is 40.7 Å². The van der Waals surface area contributed by atoms with E-state index in [0.717, 1.165) is 29.9 Å². The molecule has 0 unspecified atom stereocenters. The Labute approximate surface area is 295 Å². The van der Waals surface area contributed by atoms with Crippen molar-refractivity contribution in [2.75, 3.05) is 31.7 Å². The number of thiazole rings is 1. The summed E-state index contributed by atoms with van der Waals surface area (Å²) in [7, 11) is 1.56. The highest BCUT2D eigenvalue weighted by Gasteiger charge is 2.34. The molecule has 1 atom stereocenters. The van der Waals surface area contributed by atoms with E-state index in [1.54, 1.807) is 37.7 Å². The summed E-state index contributed by atoms with van der Waals surface area (Å²) in [6.07, 6.45) is 1.75. The van der Waals surface area contributed by atoms with Crippen LogP contribution in [0.1, 0.15) is 64.3 Å². The molecule has 0 amide bonds. The minimum Gasteiger partial charge on any atom is -0.493 e. The lowest BCUT2D eigenvalue weighted by molar-refractivity contribution is -0.139. The van der Waals surface area contributed by atoms with Crippen molar-refractivity contribution in [1.29, 1.82) is 0 Å². The minimum atomic E-state index is -0.801. The van der Waals surface area contributed by atoms with E-state index in [0.29, 0.717) is 49.5 Å². The third-order valence-corrected chi connectivity index (χ3v) is 9.34. The Balaban J connectivity index is 1.65. The molecule has 0 saturated carbocycles. The molecular weight excluding hydrogens is 662 g/mol. The largest absolute Gasteiger partial charge is 0.493 e. The molecule has 258 valence electrons. The van der Waals surface area contributed by atoms with Crippen LogP contribution in [-0.2, 0) is 16.1 Å². The van der Waals surface area contributed by atoms with Crippen molar-refractivity contribution in [2.24, 2.45) is 4.99 Å². The van der Waals surface area contributed by atoms with Gasteiger partial charge in [-0.05, 0) is 95.1 Å². The highest BCUT2D eigenvalue weighted by molar-refractivity contribution is 7.07. The minimum absolute atomic E-state index is 0.0733. The van der Waals surface area contributed by atoms with Gasteiger partial charge in [-0.25, -0.2) is 9.79 Å². The van der Waals surface area contributed by atoms with E-state index in [-0.39, 0.29) is 23.8 Å². The molecular formula is C38H42ClN3O6S. The summed E-state index contributed by atoms with van der Waals surface area (Å²) < 4.78 is 25.5. The zero-order chi connectivity index (χ0) is 35.2. The molecule has 0 spiro atoms. The molecule has 3 aromatic carbocycles. The highest BCUT2D eigenvalue weighted by atomic mass is 35.5. The number of hydrogen-bond donors (Lipinski definition) is 0. The Morgan fingerprint density at radius 3 is 2.41 bits per heavy atom. The van der Waals surface area contributed by atoms with Crippen molar-refractivity contribution in [3.8, 4) is 17.2 Å². The summed E-state index contributed by atoms with van der Waals surface area (Å²) in [5.41, 5.74) is 3.86. The molecule has 49 heavy (non-hydrogen) atoms. The Kier molecular flexibility index (Phi) is 11.5. The predicted octanol–water partition coefficient (Wildman–Crippen LogP) is 6.67. The van der Waals surface area contributed by atoms with Crippen LogP contribution in [0.4, 0.5) is 5.69 Å². The van der Waals surface area contributed by atoms with Crippen molar-refractivity contribution in [1.82, 2.24) is 4.57 Å². The van der Waals surface area contributed by atoms with Gasteiger partial charge in [0.05, 0.1) is 41.7 Å². The number of rotatable bonds is 13. The zero-order valence-electron chi connectivity index (χ0n) is 28.9. The maximum atomic E-state index is 14.4. The number of fused-ring (bicyclic) bond motifs is 1. The summed E-state index contributed by atoms with van der Waals surface area (Å²) in [6, 6.07) is 18.1. The second kappa shape index (κ2) is 15.8. The molecule has 11 heteroatoms. The number of esters is 1. The van der Waals surface area contributed by atoms with Crippen molar-refractivity contribution < 1.29 is 23.7 Å². The van der Waals surface area contributed by atoms with Crippen LogP contribution >= 0.6 is 22.9 Å². The van der Waals surface area contributed by atoms with Gasteiger partial charge in [0.15, 0.2) is 16.3 Å². The summed E-state index contributed by atoms with van der Waals surface area (Å²) in [5.74, 6) is 1.15. The monoisotopic (exact) mass is 703 g/mol. The van der Waals surface area contributed by atoms with Crippen LogP contribution in [0.5, 0.6) is 17.2 Å². The van der Waals surface area contributed by atoms with Gasteiger partial charge in [-0.3, -0.25) is 9.36 Å². The SMILES string of the molecule is CCOC(=O)C1=C(C)N=c2s/c(=C/c3ccc(N(CC)CC)cc3OCc3ccc(Cl)cc3)c(=O)n2[C@@H]1c1ccc(OC(C)C)c(OC)c1. The maximum absolute atomic E-state index is 14.4. The van der Waals surface area contributed by atoms with Gasteiger partial charge in [0.2, 0.25) is 0 Å². The van der Waals surface area contributed by atoms with Crippen LogP contribution in [-0.4, -0.2) is 43.4 Å². The Morgan fingerprint density at radius 2 is 1.76 bits per heavy atom. The van der Waals surface area contributed by atoms with Crippen LogP contribution in [0, 0.1) is 0 Å². The Bertz CT molecular complexity index is 2030. The predicted molar refractivity (Wildman–Crippen MR) is 195 cm³/mol. The number of carbonyl (C=O) groups is 1.